The molecule has 2 unspecified atom stereocenters. The van der Waals surface area contributed by atoms with Crippen LogP contribution in [-0.4, -0.2) is 40.0 Å². The number of carbonyl (C=O) groups is 2. The maximum atomic E-state index is 12.5. The summed E-state index contributed by atoms with van der Waals surface area (Å²) >= 11 is 0. The van der Waals surface area contributed by atoms with Crippen LogP contribution in [0.25, 0.3) is 0 Å². The maximum absolute atomic E-state index is 12.5. The molecular weight excluding hydrogens is 244 g/mol. The number of aryl methyl sites for hydroxylation is 1. The molecule has 1 amide bonds. The van der Waals surface area contributed by atoms with Gasteiger partial charge in [-0.2, -0.15) is 0 Å². The van der Waals surface area contributed by atoms with Crippen molar-refractivity contribution in [1.29, 1.82) is 0 Å². The number of carbonyl (C=O) groups excluding carboxylic acids is 1. The second-order valence-electron chi connectivity index (χ2n) is 5.25. The van der Waals surface area contributed by atoms with E-state index in [4.69, 9.17) is 5.11 Å². The molecule has 2 heterocycles. The molecule has 2 atom stereocenters. The van der Waals surface area contributed by atoms with Crippen molar-refractivity contribution in [3.05, 3.63) is 29.6 Å². The Morgan fingerprint density at radius 1 is 1.37 bits per heavy atom. The first-order valence-corrected chi connectivity index (χ1v) is 6.62. The lowest BCUT2D eigenvalue weighted by Crippen LogP contribution is -2.33. The van der Waals surface area contributed by atoms with Gasteiger partial charge < -0.3 is 10.0 Å². The third kappa shape index (κ3) is 2.09. The van der Waals surface area contributed by atoms with Gasteiger partial charge in [-0.1, -0.05) is 6.07 Å². The predicted molar refractivity (Wildman–Crippen MR) is 67.6 cm³/mol. The number of amides is 1. The van der Waals surface area contributed by atoms with Crippen molar-refractivity contribution in [1.82, 2.24) is 9.88 Å². The standard InChI is InChI=1S/C14H16N2O3/c17-13(16-7-5-10(8-16)14(18)19)11-4-3-9-2-1-6-15-12(9)11/h1-2,6,10-11H,3-5,7-8H2,(H,18,19). The first-order valence-electron chi connectivity index (χ1n) is 6.62. The average molecular weight is 260 g/mol. The summed E-state index contributed by atoms with van der Waals surface area (Å²) in [5.41, 5.74) is 2.03. The zero-order chi connectivity index (χ0) is 13.4. The minimum atomic E-state index is -0.805. The smallest absolute Gasteiger partial charge is 0.308 e. The molecule has 0 radical (unpaired) electrons. The Balaban J connectivity index is 1.74. The van der Waals surface area contributed by atoms with Crippen molar-refractivity contribution >= 4 is 11.9 Å². The van der Waals surface area contributed by atoms with Gasteiger partial charge in [-0.05, 0) is 30.9 Å². The van der Waals surface area contributed by atoms with E-state index in [0.717, 1.165) is 24.1 Å². The number of fused-ring (bicyclic) bond motifs is 1. The molecule has 1 aliphatic heterocycles. The topological polar surface area (TPSA) is 70.5 Å². The van der Waals surface area contributed by atoms with Gasteiger partial charge in [0.15, 0.2) is 0 Å². The summed E-state index contributed by atoms with van der Waals surface area (Å²) in [7, 11) is 0. The Labute approximate surface area is 111 Å². The van der Waals surface area contributed by atoms with Crippen LogP contribution in [0.5, 0.6) is 0 Å². The largest absolute Gasteiger partial charge is 0.481 e. The third-order valence-electron chi connectivity index (χ3n) is 4.11. The number of likely N-dealkylation sites (tertiary alicyclic amines) is 1. The lowest BCUT2D eigenvalue weighted by atomic mass is 10.1. The molecule has 1 fully saturated rings. The molecule has 1 aromatic heterocycles. The van der Waals surface area contributed by atoms with Crippen molar-refractivity contribution in [2.75, 3.05) is 13.1 Å². The summed E-state index contributed by atoms with van der Waals surface area (Å²) in [4.78, 5) is 29.4. The van der Waals surface area contributed by atoms with Crippen LogP contribution in [0.1, 0.15) is 30.0 Å². The van der Waals surface area contributed by atoms with Gasteiger partial charge in [0, 0.05) is 19.3 Å². The quantitative estimate of drug-likeness (QED) is 0.862. The monoisotopic (exact) mass is 260 g/mol. The normalized spacial score (nSPS) is 25.4. The highest BCUT2D eigenvalue weighted by molar-refractivity contribution is 5.85. The molecule has 19 heavy (non-hydrogen) atoms. The van der Waals surface area contributed by atoms with Crippen LogP contribution in [0.2, 0.25) is 0 Å². The molecule has 1 N–H and O–H groups in total. The molecule has 0 saturated carbocycles. The Morgan fingerprint density at radius 3 is 2.95 bits per heavy atom. The van der Waals surface area contributed by atoms with Crippen LogP contribution in [-0.2, 0) is 16.0 Å². The molecule has 100 valence electrons. The summed E-state index contributed by atoms with van der Waals surface area (Å²) in [6.07, 6.45) is 3.95. The van der Waals surface area contributed by atoms with Gasteiger partial charge >= 0.3 is 5.97 Å². The molecule has 1 aromatic rings. The average Bonchev–Trinajstić information content (AvgIpc) is 3.05. The van der Waals surface area contributed by atoms with Crippen LogP contribution >= 0.6 is 0 Å². The van der Waals surface area contributed by atoms with E-state index in [-0.39, 0.29) is 11.8 Å². The molecule has 5 nitrogen and oxygen atoms in total. The van der Waals surface area contributed by atoms with Gasteiger partial charge in [0.2, 0.25) is 5.91 Å². The number of carboxylic acids is 1. The molecule has 1 saturated heterocycles. The van der Waals surface area contributed by atoms with Crippen molar-refractivity contribution in [2.24, 2.45) is 5.92 Å². The maximum Gasteiger partial charge on any atom is 0.308 e. The minimum absolute atomic E-state index is 0.0428. The van der Waals surface area contributed by atoms with Gasteiger partial charge in [-0.3, -0.25) is 14.6 Å². The van der Waals surface area contributed by atoms with Crippen molar-refractivity contribution in [3.63, 3.8) is 0 Å². The van der Waals surface area contributed by atoms with E-state index >= 15 is 0 Å². The Bertz CT molecular complexity index is 529. The van der Waals surface area contributed by atoms with Crippen molar-refractivity contribution < 1.29 is 14.7 Å². The molecule has 5 heteroatoms. The fraction of sp³-hybridized carbons (Fsp3) is 0.500. The minimum Gasteiger partial charge on any atom is -0.481 e. The van der Waals surface area contributed by atoms with E-state index in [1.807, 2.05) is 12.1 Å². The van der Waals surface area contributed by atoms with Gasteiger partial charge in [0.1, 0.15) is 0 Å². The van der Waals surface area contributed by atoms with Crippen molar-refractivity contribution in [3.8, 4) is 0 Å². The lowest BCUT2D eigenvalue weighted by Gasteiger charge is -2.20. The summed E-state index contributed by atoms with van der Waals surface area (Å²) in [5, 5.41) is 8.99. The van der Waals surface area contributed by atoms with Crippen LogP contribution in [0, 0.1) is 5.92 Å². The number of pyridine rings is 1. The summed E-state index contributed by atoms with van der Waals surface area (Å²) < 4.78 is 0. The number of hydrogen-bond acceptors (Lipinski definition) is 3. The van der Waals surface area contributed by atoms with Crippen LogP contribution in [0.3, 0.4) is 0 Å². The fourth-order valence-corrected chi connectivity index (χ4v) is 3.04. The molecule has 3 rings (SSSR count). The summed E-state index contributed by atoms with van der Waals surface area (Å²) in [6, 6.07) is 3.90. The second-order valence-corrected chi connectivity index (χ2v) is 5.25. The van der Waals surface area contributed by atoms with E-state index < -0.39 is 11.9 Å². The van der Waals surface area contributed by atoms with Gasteiger partial charge in [0.05, 0.1) is 17.5 Å². The number of rotatable bonds is 2. The molecule has 0 spiro atoms. The third-order valence-corrected chi connectivity index (χ3v) is 4.11. The van der Waals surface area contributed by atoms with Crippen LogP contribution in [0.15, 0.2) is 18.3 Å². The Kier molecular flexibility index (Phi) is 2.97. The van der Waals surface area contributed by atoms with Gasteiger partial charge in [0.25, 0.3) is 0 Å². The lowest BCUT2D eigenvalue weighted by molar-refractivity contribution is -0.141. The molecule has 0 bridgehead atoms. The zero-order valence-electron chi connectivity index (χ0n) is 10.6. The van der Waals surface area contributed by atoms with E-state index in [1.54, 1.807) is 11.1 Å². The Hall–Kier alpha value is -1.91. The van der Waals surface area contributed by atoms with Crippen molar-refractivity contribution in [2.45, 2.75) is 25.2 Å². The molecule has 2 aliphatic rings. The van der Waals surface area contributed by atoms with E-state index in [9.17, 15) is 9.59 Å². The zero-order valence-corrected chi connectivity index (χ0v) is 10.6. The van der Waals surface area contributed by atoms with Gasteiger partial charge in [-0.25, -0.2) is 0 Å². The highest BCUT2D eigenvalue weighted by atomic mass is 16.4. The highest BCUT2D eigenvalue weighted by Gasteiger charge is 2.37. The summed E-state index contributed by atoms with van der Waals surface area (Å²) in [5.74, 6) is -1.35. The number of nitrogens with zero attached hydrogens (tertiary/aromatic N) is 2. The van der Waals surface area contributed by atoms with Gasteiger partial charge in [-0.15, -0.1) is 0 Å². The number of carboxylic acid groups (broad SMARTS) is 1. The number of aliphatic carboxylic acids is 1. The highest BCUT2D eigenvalue weighted by Crippen LogP contribution is 2.33. The van der Waals surface area contributed by atoms with E-state index in [1.165, 1.54) is 0 Å². The van der Waals surface area contributed by atoms with Crippen LogP contribution in [0.4, 0.5) is 0 Å². The molecule has 1 aliphatic carbocycles. The first-order chi connectivity index (χ1) is 9.16. The van der Waals surface area contributed by atoms with E-state index in [2.05, 4.69) is 4.98 Å². The number of hydrogen-bond donors (Lipinski definition) is 1. The van der Waals surface area contributed by atoms with E-state index in [0.29, 0.717) is 19.5 Å². The van der Waals surface area contributed by atoms with Crippen LogP contribution < -0.4 is 0 Å². The predicted octanol–water partition coefficient (Wildman–Crippen LogP) is 1.04. The second kappa shape index (κ2) is 4.64. The molecule has 0 aromatic carbocycles. The number of aromatic nitrogens is 1. The molecular formula is C14H16N2O3. The fourth-order valence-electron chi connectivity index (χ4n) is 3.04. The summed E-state index contributed by atoms with van der Waals surface area (Å²) in [6.45, 7) is 0.890. The first kappa shape index (κ1) is 12.1. The Morgan fingerprint density at radius 2 is 2.21 bits per heavy atom. The SMILES string of the molecule is O=C(O)C1CCN(C(=O)C2CCc3cccnc32)C1.